The minimum absolute atomic E-state index is 0.782. The number of hydrogen-bond acceptors (Lipinski definition) is 0. The van der Waals surface area contributed by atoms with Crippen molar-refractivity contribution >= 4 is 0 Å². The molecule has 0 aromatic heterocycles. The first-order valence-corrected chi connectivity index (χ1v) is 5.66. The van der Waals surface area contributed by atoms with Crippen LogP contribution in [0.15, 0.2) is 0 Å². The predicted octanol–water partition coefficient (Wildman–Crippen LogP) is 4.25. The third-order valence-electron chi connectivity index (χ3n) is 4.10. The molecule has 1 rings (SSSR count). The van der Waals surface area contributed by atoms with Crippen LogP contribution in [-0.2, 0) is 0 Å². The smallest absolute Gasteiger partial charge is 0.0269 e. The summed E-state index contributed by atoms with van der Waals surface area (Å²) in [5.74, 6) is 1.89. The molecule has 0 saturated heterocycles. The minimum Gasteiger partial charge on any atom is -0.0654 e. The molecule has 0 N–H and O–H groups in total. The van der Waals surface area contributed by atoms with Crippen molar-refractivity contribution in [3.8, 4) is 0 Å². The van der Waals surface area contributed by atoms with Crippen LogP contribution in [-0.4, -0.2) is 0 Å². The fourth-order valence-electron chi connectivity index (χ4n) is 2.55. The summed E-state index contributed by atoms with van der Waals surface area (Å²) in [6, 6.07) is 0. The quantitative estimate of drug-likeness (QED) is 0.575. The molecular weight excluding hydrogens is 144 g/mol. The maximum absolute atomic E-state index is 2.47. The van der Waals surface area contributed by atoms with Crippen LogP contribution in [0.2, 0.25) is 0 Å². The molecule has 0 radical (unpaired) electrons. The maximum atomic E-state index is 2.47. The second-order valence-electron chi connectivity index (χ2n) is 4.79. The molecule has 2 unspecified atom stereocenters. The first-order valence-electron chi connectivity index (χ1n) is 5.66. The van der Waals surface area contributed by atoms with Crippen LogP contribution in [0, 0.1) is 17.3 Å². The van der Waals surface area contributed by atoms with Gasteiger partial charge in [-0.1, -0.05) is 40.5 Å². The maximum Gasteiger partial charge on any atom is -0.0269 e. The molecule has 72 valence electrons. The molecule has 0 nitrogen and oxygen atoms in total. The van der Waals surface area contributed by atoms with Crippen LogP contribution in [0.5, 0.6) is 0 Å². The molecule has 1 aliphatic rings. The van der Waals surface area contributed by atoms with Gasteiger partial charge in [-0.05, 0) is 36.5 Å². The van der Waals surface area contributed by atoms with Gasteiger partial charge in [0.05, 0.1) is 0 Å². The molecule has 1 aliphatic carbocycles. The van der Waals surface area contributed by atoms with Gasteiger partial charge in [0, 0.05) is 0 Å². The van der Waals surface area contributed by atoms with E-state index in [1.54, 1.807) is 0 Å². The van der Waals surface area contributed by atoms with Gasteiger partial charge in [-0.3, -0.25) is 0 Å². The van der Waals surface area contributed by atoms with Gasteiger partial charge in [-0.25, -0.2) is 0 Å². The molecule has 12 heavy (non-hydrogen) atoms. The van der Waals surface area contributed by atoms with Crippen molar-refractivity contribution in [2.24, 2.45) is 17.3 Å². The van der Waals surface area contributed by atoms with Gasteiger partial charge >= 0.3 is 0 Å². The third-order valence-corrected chi connectivity index (χ3v) is 4.10. The molecule has 0 amide bonds. The lowest BCUT2D eigenvalue weighted by molar-refractivity contribution is 0.219. The highest BCUT2D eigenvalue weighted by Gasteiger charge is 2.47. The van der Waals surface area contributed by atoms with E-state index in [1.807, 2.05) is 0 Å². The molecule has 0 aromatic rings. The summed E-state index contributed by atoms with van der Waals surface area (Å²) >= 11 is 0. The average molecular weight is 168 g/mol. The first kappa shape index (κ1) is 10.1. The molecule has 0 heterocycles. The number of hydrogen-bond donors (Lipinski definition) is 0. The second-order valence-corrected chi connectivity index (χ2v) is 4.79. The Balaban J connectivity index is 2.44. The van der Waals surface area contributed by atoms with Gasteiger partial charge in [0.25, 0.3) is 0 Å². The van der Waals surface area contributed by atoms with Crippen LogP contribution in [0.25, 0.3) is 0 Å². The van der Waals surface area contributed by atoms with E-state index in [4.69, 9.17) is 0 Å². The third kappa shape index (κ3) is 1.84. The molecule has 2 atom stereocenters. The Hall–Kier alpha value is 0. The lowest BCUT2D eigenvalue weighted by Crippen LogP contribution is -2.19. The van der Waals surface area contributed by atoms with Crippen molar-refractivity contribution in [1.29, 1.82) is 0 Å². The van der Waals surface area contributed by atoms with Crippen molar-refractivity contribution < 1.29 is 0 Å². The summed E-state index contributed by atoms with van der Waals surface area (Å²) in [7, 11) is 0. The summed E-state index contributed by atoms with van der Waals surface area (Å²) < 4.78 is 0. The highest BCUT2D eigenvalue weighted by atomic mass is 14.5. The van der Waals surface area contributed by atoms with Crippen LogP contribution in [0.1, 0.15) is 59.8 Å². The van der Waals surface area contributed by atoms with Crippen molar-refractivity contribution in [3.63, 3.8) is 0 Å². The topological polar surface area (TPSA) is 0 Å². The normalized spacial score (nSPS) is 25.0. The minimum atomic E-state index is 0.782. The zero-order valence-electron chi connectivity index (χ0n) is 9.19. The van der Waals surface area contributed by atoms with Gasteiger partial charge < -0.3 is 0 Å². The second kappa shape index (κ2) is 3.81. The predicted molar refractivity (Wildman–Crippen MR) is 55.2 cm³/mol. The Kier molecular flexibility index (Phi) is 3.20. The molecule has 0 aliphatic heterocycles. The SMILES string of the molecule is CCCC1(C(C)C(C)CC)CC1. The Labute approximate surface area is 77.7 Å². The first-order chi connectivity index (χ1) is 5.66. The summed E-state index contributed by atoms with van der Waals surface area (Å²) in [6.07, 6.45) is 7.21. The average Bonchev–Trinajstić information content (AvgIpc) is 2.84. The highest BCUT2D eigenvalue weighted by molar-refractivity contribution is 4.97. The lowest BCUT2D eigenvalue weighted by atomic mass is 9.78. The van der Waals surface area contributed by atoms with Crippen LogP contribution in [0.3, 0.4) is 0 Å². The summed E-state index contributed by atoms with van der Waals surface area (Å²) in [4.78, 5) is 0. The van der Waals surface area contributed by atoms with Gasteiger partial charge in [0.1, 0.15) is 0 Å². The van der Waals surface area contributed by atoms with Crippen molar-refractivity contribution in [3.05, 3.63) is 0 Å². The van der Waals surface area contributed by atoms with E-state index in [1.165, 1.54) is 32.1 Å². The molecule has 0 heteroatoms. The van der Waals surface area contributed by atoms with Gasteiger partial charge in [0.15, 0.2) is 0 Å². The van der Waals surface area contributed by atoms with Crippen LogP contribution in [0.4, 0.5) is 0 Å². The Morgan fingerprint density at radius 1 is 1.17 bits per heavy atom. The standard InChI is InChI=1S/C12H24/c1-5-7-12(8-9-12)11(4)10(3)6-2/h10-11H,5-9H2,1-4H3. The van der Waals surface area contributed by atoms with Crippen molar-refractivity contribution in [1.82, 2.24) is 0 Å². The fourth-order valence-corrected chi connectivity index (χ4v) is 2.55. The number of rotatable bonds is 5. The monoisotopic (exact) mass is 168 g/mol. The van der Waals surface area contributed by atoms with E-state index in [9.17, 15) is 0 Å². The molecule has 0 bridgehead atoms. The lowest BCUT2D eigenvalue weighted by Gasteiger charge is -2.28. The van der Waals surface area contributed by atoms with Crippen LogP contribution < -0.4 is 0 Å². The van der Waals surface area contributed by atoms with Gasteiger partial charge in [-0.2, -0.15) is 0 Å². The molecule has 0 aromatic carbocycles. The Morgan fingerprint density at radius 3 is 2.08 bits per heavy atom. The Bertz CT molecular complexity index is 133. The van der Waals surface area contributed by atoms with Crippen molar-refractivity contribution in [2.45, 2.75) is 59.8 Å². The van der Waals surface area contributed by atoms with Gasteiger partial charge in [0.2, 0.25) is 0 Å². The summed E-state index contributed by atoms with van der Waals surface area (Å²) in [5, 5.41) is 0. The van der Waals surface area contributed by atoms with E-state index in [-0.39, 0.29) is 0 Å². The van der Waals surface area contributed by atoms with Gasteiger partial charge in [-0.15, -0.1) is 0 Å². The molecule has 0 spiro atoms. The van der Waals surface area contributed by atoms with E-state index in [0.717, 1.165) is 17.3 Å². The molecule has 1 saturated carbocycles. The molecule has 1 fully saturated rings. The van der Waals surface area contributed by atoms with E-state index < -0.39 is 0 Å². The molecular formula is C12H24. The fraction of sp³-hybridized carbons (Fsp3) is 1.00. The summed E-state index contributed by atoms with van der Waals surface area (Å²) in [6.45, 7) is 9.53. The largest absolute Gasteiger partial charge is 0.0654 e. The van der Waals surface area contributed by atoms with E-state index >= 15 is 0 Å². The van der Waals surface area contributed by atoms with Crippen molar-refractivity contribution in [2.75, 3.05) is 0 Å². The van der Waals surface area contributed by atoms with E-state index in [0.29, 0.717) is 0 Å². The summed E-state index contributed by atoms with van der Waals surface area (Å²) in [5.41, 5.74) is 0.782. The highest BCUT2D eigenvalue weighted by Crippen LogP contribution is 2.57. The zero-order chi connectivity index (χ0) is 9.19. The van der Waals surface area contributed by atoms with Crippen LogP contribution >= 0.6 is 0 Å². The van der Waals surface area contributed by atoms with E-state index in [2.05, 4.69) is 27.7 Å². The zero-order valence-corrected chi connectivity index (χ0v) is 9.19. The Morgan fingerprint density at radius 2 is 1.75 bits per heavy atom.